The van der Waals surface area contributed by atoms with Gasteiger partial charge < -0.3 is 14.7 Å². The van der Waals surface area contributed by atoms with Crippen LogP contribution in [0.1, 0.15) is 33.6 Å². The van der Waals surface area contributed by atoms with E-state index in [0.29, 0.717) is 19.1 Å². The van der Waals surface area contributed by atoms with Gasteiger partial charge in [-0.3, -0.25) is 9.59 Å². The maximum atomic E-state index is 12.3. The summed E-state index contributed by atoms with van der Waals surface area (Å²) in [7, 11) is 0. The lowest BCUT2D eigenvalue weighted by atomic mass is 9.86. The SMILES string of the molecule is CC(C(=O)N(CC(=O)O)C(C)C)C1CCOCC1. The van der Waals surface area contributed by atoms with Gasteiger partial charge in [0.05, 0.1) is 0 Å². The number of carboxylic acids is 1. The Morgan fingerprint density at radius 2 is 1.83 bits per heavy atom. The van der Waals surface area contributed by atoms with Crippen LogP contribution >= 0.6 is 0 Å². The van der Waals surface area contributed by atoms with E-state index in [9.17, 15) is 9.59 Å². The number of carboxylic acid groups (broad SMARTS) is 1. The summed E-state index contributed by atoms with van der Waals surface area (Å²) in [5.41, 5.74) is 0. The fourth-order valence-electron chi connectivity index (χ4n) is 2.34. The van der Waals surface area contributed by atoms with E-state index < -0.39 is 5.97 Å². The van der Waals surface area contributed by atoms with Crippen molar-refractivity contribution >= 4 is 11.9 Å². The van der Waals surface area contributed by atoms with E-state index in [1.165, 1.54) is 4.90 Å². The van der Waals surface area contributed by atoms with Crippen molar-refractivity contribution in [2.24, 2.45) is 11.8 Å². The van der Waals surface area contributed by atoms with Crippen LogP contribution in [0.25, 0.3) is 0 Å². The maximum absolute atomic E-state index is 12.3. The summed E-state index contributed by atoms with van der Waals surface area (Å²) in [6.45, 7) is 6.76. The molecule has 5 heteroatoms. The molecule has 1 saturated heterocycles. The van der Waals surface area contributed by atoms with Gasteiger partial charge in [0.15, 0.2) is 0 Å². The predicted octanol–water partition coefficient (Wildman–Crippen LogP) is 1.37. The molecule has 0 spiro atoms. The zero-order valence-electron chi connectivity index (χ0n) is 11.4. The molecule has 1 unspecified atom stereocenters. The first-order valence-electron chi connectivity index (χ1n) is 6.53. The molecule has 0 aromatic carbocycles. The van der Waals surface area contributed by atoms with E-state index >= 15 is 0 Å². The van der Waals surface area contributed by atoms with E-state index in [2.05, 4.69) is 0 Å². The molecule has 1 amide bonds. The van der Waals surface area contributed by atoms with Gasteiger partial charge in [-0.25, -0.2) is 0 Å². The van der Waals surface area contributed by atoms with Gasteiger partial charge in [0.1, 0.15) is 6.54 Å². The van der Waals surface area contributed by atoms with E-state index in [4.69, 9.17) is 9.84 Å². The molecule has 1 N–H and O–H groups in total. The third kappa shape index (κ3) is 3.98. The summed E-state index contributed by atoms with van der Waals surface area (Å²) in [6.07, 6.45) is 1.76. The molecule has 1 aliphatic rings. The number of ether oxygens (including phenoxy) is 1. The molecule has 1 atom stereocenters. The van der Waals surface area contributed by atoms with E-state index in [1.807, 2.05) is 20.8 Å². The average molecular weight is 257 g/mol. The van der Waals surface area contributed by atoms with Crippen LogP contribution in [0.5, 0.6) is 0 Å². The summed E-state index contributed by atoms with van der Waals surface area (Å²) in [4.78, 5) is 24.6. The Hall–Kier alpha value is -1.10. The molecule has 1 rings (SSSR count). The standard InChI is InChI=1S/C13H23NO4/c1-9(2)14(8-12(15)16)13(17)10(3)11-4-6-18-7-5-11/h9-11H,4-8H2,1-3H3,(H,15,16). The smallest absolute Gasteiger partial charge is 0.323 e. The zero-order valence-corrected chi connectivity index (χ0v) is 11.4. The number of rotatable bonds is 5. The van der Waals surface area contributed by atoms with Crippen molar-refractivity contribution in [1.29, 1.82) is 0 Å². The molecule has 1 fully saturated rings. The molecule has 5 nitrogen and oxygen atoms in total. The zero-order chi connectivity index (χ0) is 13.7. The van der Waals surface area contributed by atoms with Crippen LogP contribution in [0, 0.1) is 11.8 Å². The minimum absolute atomic E-state index is 0.0562. The first-order chi connectivity index (χ1) is 8.43. The Labute approximate surface area is 108 Å². The van der Waals surface area contributed by atoms with Crippen molar-refractivity contribution in [1.82, 2.24) is 4.90 Å². The summed E-state index contributed by atoms with van der Waals surface area (Å²) in [6, 6.07) is -0.0871. The molecule has 0 aromatic rings. The number of hydrogen-bond acceptors (Lipinski definition) is 3. The van der Waals surface area contributed by atoms with Crippen LogP contribution in [0.4, 0.5) is 0 Å². The second-order valence-electron chi connectivity index (χ2n) is 5.19. The van der Waals surface area contributed by atoms with Crippen molar-refractivity contribution in [2.75, 3.05) is 19.8 Å². The largest absolute Gasteiger partial charge is 0.480 e. The van der Waals surface area contributed by atoms with Gasteiger partial charge in [0.25, 0.3) is 0 Å². The van der Waals surface area contributed by atoms with Gasteiger partial charge >= 0.3 is 5.97 Å². The number of hydrogen-bond donors (Lipinski definition) is 1. The molecular formula is C13H23NO4. The van der Waals surface area contributed by atoms with Gasteiger partial charge in [0, 0.05) is 25.2 Å². The van der Waals surface area contributed by atoms with Crippen molar-refractivity contribution < 1.29 is 19.4 Å². The van der Waals surface area contributed by atoms with Crippen molar-refractivity contribution in [3.8, 4) is 0 Å². The van der Waals surface area contributed by atoms with Crippen molar-refractivity contribution in [3.05, 3.63) is 0 Å². The highest BCUT2D eigenvalue weighted by Gasteiger charge is 2.31. The highest BCUT2D eigenvalue weighted by atomic mass is 16.5. The Bertz CT molecular complexity index is 297. The number of nitrogens with zero attached hydrogens (tertiary/aromatic N) is 1. The molecule has 0 bridgehead atoms. The second-order valence-corrected chi connectivity index (χ2v) is 5.19. The average Bonchev–Trinajstić information content (AvgIpc) is 2.34. The monoisotopic (exact) mass is 257 g/mol. The molecule has 0 radical (unpaired) electrons. The Kier molecular flexibility index (Phi) is 5.59. The van der Waals surface area contributed by atoms with Crippen LogP contribution in [0.2, 0.25) is 0 Å². The summed E-state index contributed by atoms with van der Waals surface area (Å²) >= 11 is 0. The van der Waals surface area contributed by atoms with Gasteiger partial charge in [-0.05, 0) is 32.6 Å². The molecule has 0 saturated carbocycles. The number of carbonyl (C=O) groups excluding carboxylic acids is 1. The Morgan fingerprint density at radius 3 is 2.28 bits per heavy atom. The van der Waals surface area contributed by atoms with Gasteiger partial charge in [-0.15, -0.1) is 0 Å². The van der Waals surface area contributed by atoms with Gasteiger partial charge in [0.2, 0.25) is 5.91 Å². The van der Waals surface area contributed by atoms with Gasteiger partial charge in [-0.1, -0.05) is 6.92 Å². The molecule has 0 aromatic heterocycles. The topological polar surface area (TPSA) is 66.8 Å². The molecule has 104 valence electrons. The summed E-state index contributed by atoms with van der Waals surface area (Å²) < 4.78 is 5.28. The minimum Gasteiger partial charge on any atom is -0.480 e. The Balaban J connectivity index is 2.65. The third-order valence-corrected chi connectivity index (χ3v) is 3.57. The van der Waals surface area contributed by atoms with E-state index in [-0.39, 0.29) is 24.4 Å². The lowest BCUT2D eigenvalue weighted by Crippen LogP contribution is -2.45. The second kappa shape index (κ2) is 6.73. The summed E-state index contributed by atoms with van der Waals surface area (Å²) in [5, 5.41) is 8.86. The lowest BCUT2D eigenvalue weighted by molar-refractivity contribution is -0.149. The Morgan fingerprint density at radius 1 is 1.28 bits per heavy atom. The third-order valence-electron chi connectivity index (χ3n) is 3.57. The fourth-order valence-corrected chi connectivity index (χ4v) is 2.34. The van der Waals surface area contributed by atoms with Crippen LogP contribution in [-0.4, -0.2) is 47.7 Å². The fraction of sp³-hybridized carbons (Fsp3) is 0.846. The highest BCUT2D eigenvalue weighted by molar-refractivity contribution is 5.83. The molecule has 1 aliphatic heterocycles. The van der Waals surface area contributed by atoms with Crippen molar-refractivity contribution in [2.45, 2.75) is 39.7 Å². The molecular weight excluding hydrogens is 234 g/mol. The van der Waals surface area contributed by atoms with Crippen LogP contribution in [0.15, 0.2) is 0 Å². The minimum atomic E-state index is -0.962. The highest BCUT2D eigenvalue weighted by Crippen LogP contribution is 2.25. The quantitative estimate of drug-likeness (QED) is 0.807. The van der Waals surface area contributed by atoms with Crippen LogP contribution in [0.3, 0.4) is 0 Å². The first-order valence-corrected chi connectivity index (χ1v) is 6.53. The van der Waals surface area contributed by atoms with Crippen molar-refractivity contribution in [3.63, 3.8) is 0 Å². The molecule has 0 aliphatic carbocycles. The van der Waals surface area contributed by atoms with Crippen LogP contribution in [-0.2, 0) is 14.3 Å². The van der Waals surface area contributed by atoms with Crippen LogP contribution < -0.4 is 0 Å². The van der Waals surface area contributed by atoms with Gasteiger partial charge in [-0.2, -0.15) is 0 Å². The first kappa shape index (κ1) is 15.0. The number of amides is 1. The number of aliphatic carboxylic acids is 1. The predicted molar refractivity (Wildman–Crippen MR) is 67.2 cm³/mol. The molecule has 1 heterocycles. The van der Waals surface area contributed by atoms with E-state index in [0.717, 1.165) is 12.8 Å². The summed E-state index contributed by atoms with van der Waals surface area (Å²) in [5.74, 6) is -0.840. The normalized spacial score (nSPS) is 18.7. The lowest BCUT2D eigenvalue weighted by Gasteiger charge is -2.33. The molecule has 18 heavy (non-hydrogen) atoms. The number of carbonyl (C=O) groups is 2. The maximum Gasteiger partial charge on any atom is 0.323 e. The van der Waals surface area contributed by atoms with E-state index in [1.54, 1.807) is 0 Å².